The third-order valence-electron chi connectivity index (χ3n) is 3.14. The van der Waals surface area contributed by atoms with Crippen LogP contribution in [0.25, 0.3) is 11.0 Å². The normalized spacial score (nSPS) is 13.4. The first-order chi connectivity index (χ1) is 9.02. The highest BCUT2D eigenvalue weighted by Gasteiger charge is 2.20. The van der Waals surface area contributed by atoms with E-state index < -0.39 is 0 Å². The van der Waals surface area contributed by atoms with E-state index in [1.807, 2.05) is 12.1 Å². The number of furan rings is 1. The Hall–Kier alpha value is -0.870. The molecule has 0 spiro atoms. The lowest BCUT2D eigenvalue weighted by Crippen LogP contribution is -2.25. The van der Waals surface area contributed by atoms with Crippen LogP contribution in [-0.2, 0) is 0 Å². The van der Waals surface area contributed by atoms with Gasteiger partial charge in [-0.25, -0.2) is 4.39 Å². The van der Waals surface area contributed by atoms with Crippen molar-refractivity contribution in [1.82, 2.24) is 5.32 Å². The minimum Gasteiger partial charge on any atom is -0.456 e. The summed E-state index contributed by atoms with van der Waals surface area (Å²) in [6, 6.07) is 5.35. The molecule has 0 saturated heterocycles. The smallest absolute Gasteiger partial charge is 0.170 e. The van der Waals surface area contributed by atoms with Crippen LogP contribution in [0.15, 0.2) is 27.1 Å². The Morgan fingerprint density at radius 2 is 2.05 bits per heavy atom. The number of benzene rings is 1. The first-order valence-electron chi connectivity index (χ1n) is 6.64. The van der Waals surface area contributed by atoms with E-state index in [1.54, 1.807) is 0 Å². The highest BCUT2D eigenvalue weighted by Crippen LogP contribution is 2.31. The van der Waals surface area contributed by atoms with E-state index in [0.717, 1.165) is 28.6 Å². The van der Waals surface area contributed by atoms with Crippen LogP contribution in [0.4, 0.5) is 4.39 Å². The van der Waals surface area contributed by atoms with Crippen LogP contribution >= 0.6 is 15.9 Å². The van der Waals surface area contributed by atoms with E-state index in [1.165, 1.54) is 6.07 Å². The highest BCUT2D eigenvalue weighted by atomic mass is 79.9. The molecule has 1 aromatic carbocycles. The second-order valence-electron chi connectivity index (χ2n) is 5.13. The van der Waals surface area contributed by atoms with E-state index in [9.17, 15) is 4.39 Å². The van der Waals surface area contributed by atoms with Crippen molar-refractivity contribution in [3.05, 3.63) is 34.2 Å². The Morgan fingerprint density at radius 1 is 1.32 bits per heavy atom. The Kier molecular flexibility index (Phi) is 4.63. The van der Waals surface area contributed by atoms with Crippen molar-refractivity contribution >= 4 is 26.9 Å². The largest absolute Gasteiger partial charge is 0.456 e. The predicted octanol–water partition coefficient (Wildman–Crippen LogP) is 5.03. The van der Waals surface area contributed by atoms with Gasteiger partial charge in [-0.2, -0.15) is 0 Å². The molecule has 2 nitrogen and oxygen atoms in total. The van der Waals surface area contributed by atoms with Crippen LogP contribution in [-0.4, -0.2) is 6.54 Å². The van der Waals surface area contributed by atoms with Crippen molar-refractivity contribution in [3.8, 4) is 0 Å². The van der Waals surface area contributed by atoms with E-state index in [0.29, 0.717) is 11.5 Å². The Balaban J connectivity index is 2.40. The number of fused-ring (bicyclic) bond motifs is 1. The minimum atomic E-state index is -0.325. The molecule has 0 bridgehead atoms. The Morgan fingerprint density at radius 3 is 2.68 bits per heavy atom. The summed E-state index contributed by atoms with van der Waals surface area (Å²) in [6.07, 6.45) is 1.06. The molecule has 1 unspecified atom stereocenters. The molecule has 0 aliphatic rings. The van der Waals surface area contributed by atoms with Crippen molar-refractivity contribution < 1.29 is 8.81 Å². The van der Waals surface area contributed by atoms with Crippen LogP contribution in [0.5, 0.6) is 0 Å². The average Bonchev–Trinajstić information content (AvgIpc) is 2.73. The molecule has 2 aromatic rings. The minimum absolute atomic E-state index is 0.116. The van der Waals surface area contributed by atoms with E-state index in [-0.39, 0.29) is 11.9 Å². The van der Waals surface area contributed by atoms with Gasteiger partial charge in [-0.15, -0.1) is 0 Å². The maximum Gasteiger partial charge on any atom is 0.170 e. The summed E-state index contributed by atoms with van der Waals surface area (Å²) in [6.45, 7) is 7.31. The number of hydrogen-bond donors (Lipinski definition) is 1. The Labute approximate surface area is 121 Å². The molecule has 0 aliphatic carbocycles. The van der Waals surface area contributed by atoms with Gasteiger partial charge in [-0.1, -0.05) is 36.7 Å². The maximum absolute atomic E-state index is 13.8. The summed E-state index contributed by atoms with van der Waals surface area (Å²) in [5.41, 5.74) is 0.335. The van der Waals surface area contributed by atoms with Crippen molar-refractivity contribution in [1.29, 1.82) is 0 Å². The summed E-state index contributed by atoms with van der Waals surface area (Å²) >= 11 is 3.30. The zero-order valence-electron chi connectivity index (χ0n) is 11.5. The quantitative estimate of drug-likeness (QED) is 0.833. The van der Waals surface area contributed by atoms with Crippen LogP contribution in [0.1, 0.15) is 39.0 Å². The van der Waals surface area contributed by atoms with Crippen molar-refractivity contribution in [2.24, 2.45) is 5.92 Å². The lowest BCUT2D eigenvalue weighted by molar-refractivity contribution is 0.349. The van der Waals surface area contributed by atoms with Crippen LogP contribution in [0.3, 0.4) is 0 Å². The zero-order chi connectivity index (χ0) is 14.0. The van der Waals surface area contributed by atoms with Gasteiger partial charge < -0.3 is 9.73 Å². The van der Waals surface area contributed by atoms with E-state index >= 15 is 0 Å². The lowest BCUT2D eigenvalue weighted by Gasteiger charge is -2.19. The lowest BCUT2D eigenvalue weighted by atomic mass is 10.0. The van der Waals surface area contributed by atoms with Gasteiger partial charge in [0.2, 0.25) is 0 Å². The number of hydrogen-bond acceptors (Lipinski definition) is 2. The highest BCUT2D eigenvalue weighted by molar-refractivity contribution is 9.10. The van der Waals surface area contributed by atoms with Gasteiger partial charge in [0.1, 0.15) is 5.76 Å². The van der Waals surface area contributed by atoms with Crippen molar-refractivity contribution in [2.45, 2.75) is 33.2 Å². The van der Waals surface area contributed by atoms with Crippen LogP contribution < -0.4 is 5.32 Å². The maximum atomic E-state index is 13.8. The first-order valence-corrected chi connectivity index (χ1v) is 7.44. The molecule has 19 heavy (non-hydrogen) atoms. The topological polar surface area (TPSA) is 25.2 Å². The van der Waals surface area contributed by atoms with Gasteiger partial charge >= 0.3 is 0 Å². The summed E-state index contributed by atoms with van der Waals surface area (Å²) in [4.78, 5) is 0. The van der Waals surface area contributed by atoms with E-state index in [4.69, 9.17) is 4.42 Å². The third kappa shape index (κ3) is 3.18. The van der Waals surface area contributed by atoms with Gasteiger partial charge in [0, 0.05) is 9.86 Å². The monoisotopic (exact) mass is 327 g/mol. The fourth-order valence-corrected chi connectivity index (χ4v) is 2.66. The first kappa shape index (κ1) is 14.5. The third-order valence-corrected chi connectivity index (χ3v) is 3.60. The van der Waals surface area contributed by atoms with Crippen molar-refractivity contribution in [3.63, 3.8) is 0 Å². The number of rotatable bonds is 5. The summed E-state index contributed by atoms with van der Waals surface area (Å²) in [7, 11) is 0. The molecule has 1 aromatic heterocycles. The second-order valence-corrected chi connectivity index (χ2v) is 6.05. The molecule has 0 aliphatic heterocycles. The van der Waals surface area contributed by atoms with Gasteiger partial charge in [-0.3, -0.25) is 0 Å². The summed E-state index contributed by atoms with van der Waals surface area (Å²) in [5.74, 6) is 0.864. The molecular formula is C15H19BrFNO. The van der Waals surface area contributed by atoms with Crippen molar-refractivity contribution in [2.75, 3.05) is 6.54 Å². The molecule has 104 valence electrons. The Bertz CT molecular complexity index is 565. The number of halogens is 2. The fourth-order valence-electron chi connectivity index (χ4n) is 2.21. The van der Waals surface area contributed by atoms with Crippen LogP contribution in [0.2, 0.25) is 0 Å². The molecule has 1 atom stereocenters. The molecule has 0 radical (unpaired) electrons. The molecular weight excluding hydrogens is 309 g/mol. The SMILES string of the molecule is CCCNC(c1cc2cc(Br)cc(F)c2o1)C(C)C. The molecule has 0 saturated carbocycles. The van der Waals surface area contributed by atoms with Crippen LogP contribution in [0, 0.1) is 11.7 Å². The molecule has 4 heteroatoms. The summed E-state index contributed by atoms with van der Waals surface area (Å²) in [5, 5.41) is 4.25. The second kappa shape index (κ2) is 6.06. The van der Waals surface area contributed by atoms with E-state index in [2.05, 4.69) is 42.0 Å². The summed E-state index contributed by atoms with van der Waals surface area (Å²) < 4.78 is 20.3. The standard InChI is InChI=1S/C15H19BrFNO/c1-4-5-18-14(9(2)3)13-7-10-6-11(16)8-12(17)15(10)19-13/h6-9,14,18H,4-5H2,1-3H3. The molecule has 1 heterocycles. The average molecular weight is 328 g/mol. The van der Waals surface area contributed by atoms with Gasteiger partial charge in [0.25, 0.3) is 0 Å². The zero-order valence-corrected chi connectivity index (χ0v) is 13.1. The fraction of sp³-hybridized carbons (Fsp3) is 0.467. The predicted molar refractivity (Wildman–Crippen MR) is 79.7 cm³/mol. The molecule has 0 fully saturated rings. The number of nitrogens with one attached hydrogen (secondary N) is 1. The molecule has 0 amide bonds. The van der Waals surface area contributed by atoms with Gasteiger partial charge in [0.15, 0.2) is 11.4 Å². The molecule has 1 N–H and O–H groups in total. The van der Waals surface area contributed by atoms with Gasteiger partial charge in [0.05, 0.1) is 6.04 Å². The van der Waals surface area contributed by atoms with Gasteiger partial charge in [-0.05, 0) is 37.1 Å². The molecule has 2 rings (SSSR count).